The summed E-state index contributed by atoms with van der Waals surface area (Å²) in [5.41, 5.74) is 20.1. The summed E-state index contributed by atoms with van der Waals surface area (Å²) < 4.78 is 0. The van der Waals surface area contributed by atoms with E-state index in [4.69, 9.17) is 0 Å². The Morgan fingerprint density at radius 2 is 0.551 bits per heavy atom. The van der Waals surface area contributed by atoms with Crippen molar-refractivity contribution < 1.29 is 0 Å². The van der Waals surface area contributed by atoms with Crippen LogP contribution in [0.15, 0.2) is 285 Å². The lowest BCUT2D eigenvalue weighted by molar-refractivity contribution is 1.28. The Balaban J connectivity index is 0.979. The number of rotatable bonds is 10. The Kier molecular flexibility index (Phi) is 11.0. The second-order valence-electron chi connectivity index (χ2n) is 17.6. The summed E-state index contributed by atoms with van der Waals surface area (Å²) in [5.74, 6) is 0. The van der Waals surface area contributed by atoms with Crippen molar-refractivity contribution in [2.75, 3.05) is 4.90 Å². The largest absolute Gasteiger partial charge is 0.311 e. The molecule has 0 N–H and O–H groups in total. The average Bonchev–Trinajstić information content (AvgIpc) is 3.44. The zero-order valence-electron chi connectivity index (χ0n) is 38.1. The first-order valence-electron chi connectivity index (χ1n) is 23.7. The van der Waals surface area contributed by atoms with Crippen molar-refractivity contribution in [2.24, 2.45) is 0 Å². The molecule has 0 heterocycles. The Morgan fingerprint density at radius 1 is 0.188 bits per heavy atom. The molecule has 324 valence electrons. The fourth-order valence-electron chi connectivity index (χ4n) is 10.2. The van der Waals surface area contributed by atoms with E-state index in [1.54, 1.807) is 0 Å². The summed E-state index contributed by atoms with van der Waals surface area (Å²) in [6, 6.07) is 104. The van der Waals surface area contributed by atoms with Crippen molar-refractivity contribution in [3.63, 3.8) is 0 Å². The number of hydrogen-bond acceptors (Lipinski definition) is 1. The minimum absolute atomic E-state index is 1.08. The zero-order chi connectivity index (χ0) is 45.9. The highest BCUT2D eigenvalue weighted by Crippen LogP contribution is 2.48. The smallest absolute Gasteiger partial charge is 0.0462 e. The quantitative estimate of drug-likeness (QED) is 0.124. The average molecular weight is 878 g/mol. The fraction of sp³-hybridized carbons (Fsp3) is 0. The monoisotopic (exact) mass is 877 g/mol. The summed E-state index contributed by atoms with van der Waals surface area (Å²) in [6.45, 7) is 0. The van der Waals surface area contributed by atoms with Gasteiger partial charge < -0.3 is 4.90 Å². The van der Waals surface area contributed by atoms with Gasteiger partial charge in [0.05, 0.1) is 0 Å². The van der Waals surface area contributed by atoms with Gasteiger partial charge in [0.2, 0.25) is 0 Å². The van der Waals surface area contributed by atoms with Crippen molar-refractivity contribution in [3.8, 4) is 77.9 Å². The van der Waals surface area contributed by atoms with Crippen LogP contribution in [0.3, 0.4) is 0 Å². The SMILES string of the molecule is c1ccc(-c2ccc(N(c3ccc(-c4ccc(-c5ccccc5)c(-c5ccccc5)c4)cc3)c3ccc(-c4cccc5c4c(-c4ccccc4)c(-c4ccccc4)c4ccccc45)cc3)cc2)cc1. The molecule has 0 radical (unpaired) electrons. The van der Waals surface area contributed by atoms with Crippen LogP contribution >= 0.6 is 0 Å². The van der Waals surface area contributed by atoms with E-state index in [0.717, 1.165) is 22.6 Å². The van der Waals surface area contributed by atoms with Crippen molar-refractivity contribution >= 4 is 38.6 Å². The summed E-state index contributed by atoms with van der Waals surface area (Å²) in [4.78, 5) is 2.37. The molecular weight excluding hydrogens is 831 g/mol. The van der Waals surface area contributed by atoms with Gasteiger partial charge in [-0.1, -0.05) is 243 Å². The molecule has 0 unspecified atom stereocenters. The van der Waals surface area contributed by atoms with Gasteiger partial charge >= 0.3 is 0 Å². The zero-order valence-corrected chi connectivity index (χ0v) is 38.1. The highest BCUT2D eigenvalue weighted by atomic mass is 15.1. The second kappa shape index (κ2) is 18.3. The lowest BCUT2D eigenvalue weighted by Crippen LogP contribution is -2.09. The van der Waals surface area contributed by atoms with E-state index in [1.807, 2.05) is 0 Å². The third-order valence-electron chi connectivity index (χ3n) is 13.5. The van der Waals surface area contributed by atoms with Gasteiger partial charge in [0, 0.05) is 17.1 Å². The van der Waals surface area contributed by atoms with E-state index in [1.165, 1.54) is 93.9 Å². The molecule has 69 heavy (non-hydrogen) atoms. The van der Waals surface area contributed by atoms with E-state index >= 15 is 0 Å². The minimum Gasteiger partial charge on any atom is -0.311 e. The standard InChI is InChI=1S/C68H47N/c1-6-19-48(20-7-1)49-33-40-57(41-34-49)69(58-42-35-50(36-43-58)56-39-46-60(51-21-8-2-9-22-51)65(47-56)52-23-10-3-11-24-52)59-44-37-53(38-45-59)61-31-18-32-64-62-29-16-17-30-63(62)66(54-25-12-4-13-26-54)67(68(61)64)55-27-14-5-15-28-55/h1-47H. The minimum atomic E-state index is 1.08. The van der Waals surface area contributed by atoms with Gasteiger partial charge in [-0.15, -0.1) is 0 Å². The third-order valence-corrected chi connectivity index (χ3v) is 13.5. The molecule has 0 aromatic heterocycles. The van der Waals surface area contributed by atoms with E-state index in [9.17, 15) is 0 Å². The van der Waals surface area contributed by atoms with E-state index < -0.39 is 0 Å². The lowest BCUT2D eigenvalue weighted by atomic mass is 9.82. The molecule has 1 nitrogen and oxygen atoms in total. The lowest BCUT2D eigenvalue weighted by Gasteiger charge is -2.26. The maximum absolute atomic E-state index is 2.37. The van der Waals surface area contributed by atoms with E-state index in [0.29, 0.717) is 0 Å². The number of hydrogen-bond donors (Lipinski definition) is 0. The van der Waals surface area contributed by atoms with Crippen LogP contribution in [0.2, 0.25) is 0 Å². The summed E-state index contributed by atoms with van der Waals surface area (Å²) >= 11 is 0. The molecule has 0 fully saturated rings. The topological polar surface area (TPSA) is 3.24 Å². The molecule has 0 saturated heterocycles. The molecular formula is C68H47N. The predicted molar refractivity (Wildman–Crippen MR) is 294 cm³/mol. The van der Waals surface area contributed by atoms with Gasteiger partial charge in [-0.05, 0) is 142 Å². The Hall–Kier alpha value is -9.04. The van der Waals surface area contributed by atoms with Gasteiger partial charge in [-0.25, -0.2) is 0 Å². The van der Waals surface area contributed by atoms with Crippen LogP contribution in [-0.2, 0) is 0 Å². The van der Waals surface area contributed by atoms with Gasteiger partial charge in [0.25, 0.3) is 0 Å². The summed E-state index contributed by atoms with van der Waals surface area (Å²) in [5, 5.41) is 5.01. The van der Waals surface area contributed by atoms with Crippen molar-refractivity contribution in [3.05, 3.63) is 285 Å². The normalized spacial score (nSPS) is 11.2. The summed E-state index contributed by atoms with van der Waals surface area (Å²) in [6.07, 6.45) is 0. The predicted octanol–water partition coefficient (Wildman–Crippen LogP) is 19.1. The Morgan fingerprint density at radius 3 is 1.09 bits per heavy atom. The number of benzene rings is 12. The summed E-state index contributed by atoms with van der Waals surface area (Å²) in [7, 11) is 0. The van der Waals surface area contributed by atoms with Gasteiger partial charge in [-0.2, -0.15) is 0 Å². The molecule has 12 rings (SSSR count). The molecule has 0 saturated carbocycles. The van der Waals surface area contributed by atoms with Crippen LogP contribution in [0.4, 0.5) is 17.1 Å². The van der Waals surface area contributed by atoms with Crippen LogP contribution < -0.4 is 4.90 Å². The van der Waals surface area contributed by atoms with E-state index in [2.05, 4.69) is 290 Å². The molecule has 0 atom stereocenters. The number of fused-ring (bicyclic) bond motifs is 3. The van der Waals surface area contributed by atoms with Crippen LogP contribution in [-0.4, -0.2) is 0 Å². The molecule has 12 aromatic carbocycles. The fourth-order valence-corrected chi connectivity index (χ4v) is 10.2. The van der Waals surface area contributed by atoms with Crippen LogP contribution in [0.25, 0.3) is 99.4 Å². The van der Waals surface area contributed by atoms with Crippen LogP contribution in [0.5, 0.6) is 0 Å². The number of nitrogens with zero attached hydrogens (tertiary/aromatic N) is 1. The maximum Gasteiger partial charge on any atom is 0.0462 e. The molecule has 0 aliphatic rings. The molecule has 1 heteroatoms. The second-order valence-corrected chi connectivity index (χ2v) is 17.6. The maximum atomic E-state index is 2.37. The first kappa shape index (κ1) is 41.4. The van der Waals surface area contributed by atoms with Crippen LogP contribution in [0.1, 0.15) is 0 Å². The first-order valence-corrected chi connectivity index (χ1v) is 23.7. The van der Waals surface area contributed by atoms with Crippen molar-refractivity contribution in [1.29, 1.82) is 0 Å². The van der Waals surface area contributed by atoms with Crippen molar-refractivity contribution in [2.45, 2.75) is 0 Å². The highest BCUT2D eigenvalue weighted by Gasteiger charge is 2.21. The van der Waals surface area contributed by atoms with Gasteiger partial charge in [0.1, 0.15) is 0 Å². The molecule has 0 bridgehead atoms. The third kappa shape index (κ3) is 7.97. The first-order chi connectivity index (χ1) is 34.2. The molecule has 0 spiro atoms. The molecule has 0 aliphatic carbocycles. The van der Waals surface area contributed by atoms with Crippen LogP contribution in [0, 0.1) is 0 Å². The highest BCUT2D eigenvalue weighted by molar-refractivity contribution is 6.25. The molecule has 12 aromatic rings. The molecule has 0 aliphatic heterocycles. The van der Waals surface area contributed by atoms with Gasteiger partial charge in [-0.3, -0.25) is 0 Å². The van der Waals surface area contributed by atoms with E-state index in [-0.39, 0.29) is 0 Å². The number of anilines is 3. The van der Waals surface area contributed by atoms with Crippen molar-refractivity contribution in [1.82, 2.24) is 0 Å². The Bertz CT molecular complexity index is 3700. The molecule has 0 amide bonds. The van der Waals surface area contributed by atoms with Gasteiger partial charge in [0.15, 0.2) is 0 Å². The Labute approximate surface area is 404 Å².